The first kappa shape index (κ1) is 22.0. The molecule has 0 radical (unpaired) electrons. The summed E-state index contributed by atoms with van der Waals surface area (Å²) in [6, 6.07) is 10.0. The second kappa shape index (κ2) is 8.87. The van der Waals surface area contributed by atoms with Crippen LogP contribution in [0.1, 0.15) is 37.4 Å². The van der Waals surface area contributed by atoms with Gasteiger partial charge in [-0.1, -0.05) is 12.1 Å². The average Bonchev–Trinajstić information content (AvgIpc) is 3.13. The minimum atomic E-state index is -0.279. The van der Waals surface area contributed by atoms with Crippen molar-refractivity contribution in [3.63, 3.8) is 0 Å². The molecule has 1 aliphatic rings. The highest BCUT2D eigenvalue weighted by molar-refractivity contribution is 6.07. The molecule has 3 N–H and O–H groups in total. The third-order valence-electron chi connectivity index (χ3n) is 6.79. The average molecular weight is 457 g/mol. The van der Waals surface area contributed by atoms with Gasteiger partial charge < -0.3 is 15.8 Å². The zero-order valence-corrected chi connectivity index (χ0v) is 19.3. The van der Waals surface area contributed by atoms with E-state index >= 15 is 0 Å². The lowest BCUT2D eigenvalue weighted by molar-refractivity contribution is 0.111. The van der Waals surface area contributed by atoms with E-state index in [2.05, 4.69) is 21.4 Å². The van der Waals surface area contributed by atoms with Crippen LogP contribution >= 0.6 is 0 Å². The number of imidazole rings is 1. The van der Waals surface area contributed by atoms with Gasteiger partial charge in [0, 0.05) is 55.3 Å². The SMILES string of the molecule is CN/C=C(\C=N)c1ccc(-c2ccc3ncc4c(c3c2)n([C@H]2CC[C@@H](O)CC2)c(=O)n4C)cn1. The molecule has 1 saturated carbocycles. The minimum absolute atomic E-state index is 0.0439. The van der Waals surface area contributed by atoms with Gasteiger partial charge in [-0.05, 0) is 49.4 Å². The summed E-state index contributed by atoms with van der Waals surface area (Å²) < 4.78 is 3.58. The van der Waals surface area contributed by atoms with E-state index in [4.69, 9.17) is 5.41 Å². The van der Waals surface area contributed by atoms with E-state index in [0.717, 1.165) is 45.9 Å². The fourth-order valence-corrected chi connectivity index (χ4v) is 4.94. The molecule has 0 atom stereocenters. The number of aliphatic hydroxyl groups excluding tert-OH is 1. The predicted octanol–water partition coefficient (Wildman–Crippen LogP) is 3.64. The summed E-state index contributed by atoms with van der Waals surface area (Å²) in [5.41, 5.74) is 5.84. The molecule has 5 rings (SSSR count). The smallest absolute Gasteiger partial charge is 0.329 e. The van der Waals surface area contributed by atoms with Crippen LogP contribution in [0.3, 0.4) is 0 Å². The van der Waals surface area contributed by atoms with Crippen molar-refractivity contribution < 1.29 is 5.11 Å². The van der Waals surface area contributed by atoms with Gasteiger partial charge in [-0.15, -0.1) is 0 Å². The summed E-state index contributed by atoms with van der Waals surface area (Å²) in [6.45, 7) is 0. The van der Waals surface area contributed by atoms with Crippen molar-refractivity contribution in [2.24, 2.45) is 7.05 Å². The molecule has 4 aromatic rings. The molecule has 174 valence electrons. The lowest BCUT2D eigenvalue weighted by atomic mass is 9.92. The number of aromatic nitrogens is 4. The highest BCUT2D eigenvalue weighted by Crippen LogP contribution is 2.34. The number of aryl methyl sites for hydroxylation is 1. The normalized spacial score (nSPS) is 19.0. The van der Waals surface area contributed by atoms with Gasteiger partial charge in [0.25, 0.3) is 0 Å². The quantitative estimate of drug-likeness (QED) is 0.397. The number of allylic oxidation sites excluding steroid dienone is 1. The molecule has 0 saturated heterocycles. The standard InChI is InChI=1S/C26H28N6O2/c1-28-13-18(12-27)22-9-4-17(14-29-22)16-3-10-23-21(11-16)25-24(15-30-23)31(2)26(34)32(25)19-5-7-20(33)8-6-19/h3-4,9-15,19-20,27-28,33H,5-8H2,1-2H3/b18-13+,27-12?/t19-,20+. The van der Waals surface area contributed by atoms with Crippen molar-refractivity contribution in [2.75, 3.05) is 7.05 Å². The molecule has 0 unspecified atom stereocenters. The maximum Gasteiger partial charge on any atom is 0.329 e. The first-order valence-electron chi connectivity index (χ1n) is 11.5. The van der Waals surface area contributed by atoms with Crippen molar-refractivity contribution in [1.29, 1.82) is 5.41 Å². The molecule has 34 heavy (non-hydrogen) atoms. The van der Waals surface area contributed by atoms with Crippen LogP contribution in [0.5, 0.6) is 0 Å². The molecule has 8 nitrogen and oxygen atoms in total. The minimum Gasteiger partial charge on any atom is -0.393 e. The third kappa shape index (κ3) is 3.70. The summed E-state index contributed by atoms with van der Waals surface area (Å²) in [5.74, 6) is 0. The highest BCUT2D eigenvalue weighted by Gasteiger charge is 2.26. The molecular weight excluding hydrogens is 428 g/mol. The fourth-order valence-electron chi connectivity index (χ4n) is 4.94. The maximum absolute atomic E-state index is 13.2. The van der Waals surface area contributed by atoms with Crippen LogP contribution < -0.4 is 11.0 Å². The van der Waals surface area contributed by atoms with Gasteiger partial charge in [0.2, 0.25) is 0 Å². The molecular formula is C26H28N6O2. The van der Waals surface area contributed by atoms with Gasteiger partial charge in [0.1, 0.15) is 0 Å². The number of hydrogen-bond donors (Lipinski definition) is 3. The van der Waals surface area contributed by atoms with Crippen LogP contribution in [0.25, 0.3) is 38.6 Å². The molecule has 1 aromatic carbocycles. The molecule has 3 aromatic heterocycles. The second-order valence-electron chi connectivity index (χ2n) is 8.86. The molecule has 3 heterocycles. The molecule has 0 aliphatic heterocycles. The van der Waals surface area contributed by atoms with Gasteiger partial charge >= 0.3 is 5.69 Å². The number of pyridine rings is 2. The lowest BCUT2D eigenvalue weighted by Crippen LogP contribution is -2.29. The van der Waals surface area contributed by atoms with Crippen molar-refractivity contribution in [2.45, 2.75) is 37.8 Å². The van der Waals surface area contributed by atoms with Gasteiger partial charge in [0.05, 0.1) is 34.5 Å². The fraction of sp³-hybridized carbons (Fsp3) is 0.308. The van der Waals surface area contributed by atoms with E-state index in [1.807, 2.05) is 28.8 Å². The Balaban J connectivity index is 1.65. The van der Waals surface area contributed by atoms with Gasteiger partial charge in [0.15, 0.2) is 0 Å². The van der Waals surface area contributed by atoms with Crippen LogP contribution in [0, 0.1) is 5.41 Å². The second-order valence-corrected chi connectivity index (χ2v) is 8.86. The largest absolute Gasteiger partial charge is 0.393 e. The summed E-state index contributed by atoms with van der Waals surface area (Å²) in [5, 5.41) is 21.4. The first-order chi connectivity index (χ1) is 16.5. The number of hydrogen-bond acceptors (Lipinski definition) is 6. The third-order valence-corrected chi connectivity index (χ3v) is 6.79. The summed E-state index contributed by atoms with van der Waals surface area (Å²) in [4.78, 5) is 22.4. The summed E-state index contributed by atoms with van der Waals surface area (Å²) >= 11 is 0. The maximum atomic E-state index is 13.2. The van der Waals surface area contributed by atoms with Gasteiger partial charge in [-0.2, -0.15) is 0 Å². The Bertz CT molecular complexity index is 1460. The van der Waals surface area contributed by atoms with Crippen molar-refractivity contribution in [3.05, 3.63) is 65.1 Å². The van der Waals surface area contributed by atoms with E-state index in [-0.39, 0.29) is 17.8 Å². The Labute approximate surface area is 197 Å². The number of aliphatic hydroxyl groups is 1. The van der Waals surface area contributed by atoms with Crippen LogP contribution in [0.15, 0.2) is 53.7 Å². The first-order valence-corrected chi connectivity index (χ1v) is 11.5. The molecule has 1 fully saturated rings. The van der Waals surface area contributed by atoms with Crippen LogP contribution in [-0.4, -0.2) is 43.6 Å². The highest BCUT2D eigenvalue weighted by atomic mass is 16.3. The van der Waals surface area contributed by atoms with Crippen LogP contribution in [0.4, 0.5) is 0 Å². The monoisotopic (exact) mass is 456 g/mol. The summed E-state index contributed by atoms with van der Waals surface area (Å²) in [7, 11) is 3.58. The number of rotatable bonds is 5. The summed E-state index contributed by atoms with van der Waals surface area (Å²) in [6.07, 6.45) is 9.29. The molecule has 0 spiro atoms. The topological polar surface area (TPSA) is 109 Å². The molecule has 1 aliphatic carbocycles. The molecule has 8 heteroatoms. The van der Waals surface area contributed by atoms with Crippen molar-refractivity contribution in [1.82, 2.24) is 24.4 Å². The van der Waals surface area contributed by atoms with Crippen molar-refractivity contribution in [3.8, 4) is 11.1 Å². The van der Waals surface area contributed by atoms with E-state index in [0.29, 0.717) is 24.1 Å². The number of nitrogens with one attached hydrogen (secondary N) is 2. The Kier molecular flexibility index (Phi) is 5.75. The Morgan fingerprint density at radius 1 is 1.12 bits per heavy atom. The van der Waals surface area contributed by atoms with E-state index in [1.165, 1.54) is 6.21 Å². The zero-order chi connectivity index (χ0) is 23.8. The Hall–Kier alpha value is -3.78. The molecule has 0 bridgehead atoms. The van der Waals surface area contributed by atoms with Gasteiger partial charge in [-0.3, -0.25) is 19.1 Å². The number of nitrogens with zero attached hydrogens (tertiary/aromatic N) is 4. The van der Waals surface area contributed by atoms with E-state index < -0.39 is 0 Å². The molecule has 0 amide bonds. The van der Waals surface area contributed by atoms with Crippen LogP contribution in [0.2, 0.25) is 0 Å². The zero-order valence-electron chi connectivity index (χ0n) is 19.3. The lowest BCUT2D eigenvalue weighted by Gasteiger charge is -2.26. The predicted molar refractivity (Wildman–Crippen MR) is 135 cm³/mol. The van der Waals surface area contributed by atoms with Crippen LogP contribution in [-0.2, 0) is 7.05 Å². The number of benzene rings is 1. The van der Waals surface area contributed by atoms with E-state index in [9.17, 15) is 9.90 Å². The van der Waals surface area contributed by atoms with Gasteiger partial charge in [-0.25, -0.2) is 4.79 Å². The Morgan fingerprint density at radius 3 is 2.56 bits per heavy atom. The number of fused-ring (bicyclic) bond motifs is 3. The van der Waals surface area contributed by atoms with E-state index in [1.54, 1.807) is 37.3 Å². The Morgan fingerprint density at radius 2 is 1.88 bits per heavy atom. The van der Waals surface area contributed by atoms with Crippen molar-refractivity contribution >= 4 is 33.7 Å².